The molecule has 4 nitrogen and oxygen atoms in total. The van der Waals surface area contributed by atoms with Gasteiger partial charge in [0.2, 0.25) is 5.91 Å². The molecule has 0 aromatic heterocycles. The Bertz CT molecular complexity index is 883. The van der Waals surface area contributed by atoms with E-state index < -0.39 is 9.84 Å². The second-order valence-electron chi connectivity index (χ2n) is 5.61. The third-order valence-electron chi connectivity index (χ3n) is 3.68. The topological polar surface area (TPSA) is 63.2 Å². The van der Waals surface area contributed by atoms with Gasteiger partial charge in [-0.25, -0.2) is 8.42 Å². The largest absolute Gasteiger partial charge is 0.322 e. The van der Waals surface area contributed by atoms with Crippen LogP contribution in [0.4, 0.5) is 5.69 Å². The molecule has 0 heterocycles. The van der Waals surface area contributed by atoms with Gasteiger partial charge in [-0.2, -0.15) is 0 Å². The first kappa shape index (κ1) is 17.9. The van der Waals surface area contributed by atoms with Crippen LogP contribution in [0.5, 0.6) is 0 Å². The van der Waals surface area contributed by atoms with Crippen molar-refractivity contribution in [3.63, 3.8) is 0 Å². The highest BCUT2D eigenvalue weighted by Gasteiger charge is 2.12. The molecule has 0 saturated carbocycles. The molecular weight excluding hydrogens is 322 g/mol. The van der Waals surface area contributed by atoms with Crippen LogP contribution in [0, 0.1) is 13.8 Å². The maximum atomic E-state index is 12.0. The van der Waals surface area contributed by atoms with Crippen LogP contribution in [0.2, 0.25) is 0 Å². The monoisotopic (exact) mass is 343 g/mol. The zero-order valence-electron chi connectivity index (χ0n) is 14.0. The molecule has 0 aliphatic heterocycles. The van der Waals surface area contributed by atoms with Crippen LogP contribution in [-0.2, 0) is 14.6 Å². The predicted octanol–water partition coefficient (Wildman–Crippen LogP) is 3.75. The van der Waals surface area contributed by atoms with Crippen LogP contribution >= 0.6 is 0 Å². The average Bonchev–Trinajstić information content (AvgIpc) is 2.54. The van der Waals surface area contributed by atoms with Gasteiger partial charge >= 0.3 is 0 Å². The Morgan fingerprint density at radius 2 is 1.88 bits per heavy atom. The molecule has 0 bridgehead atoms. The molecule has 0 unspecified atom stereocenters. The lowest BCUT2D eigenvalue weighted by Gasteiger charge is -2.06. The Hall–Kier alpha value is -2.40. The van der Waals surface area contributed by atoms with Crippen LogP contribution < -0.4 is 5.32 Å². The van der Waals surface area contributed by atoms with Crippen molar-refractivity contribution in [3.8, 4) is 0 Å². The first-order chi connectivity index (χ1) is 11.3. The number of anilines is 1. The molecule has 2 aromatic rings. The van der Waals surface area contributed by atoms with Crippen LogP contribution in [0.25, 0.3) is 6.08 Å². The summed E-state index contributed by atoms with van der Waals surface area (Å²) < 4.78 is 23.8. The highest BCUT2D eigenvalue weighted by molar-refractivity contribution is 7.91. The molecule has 0 radical (unpaired) electrons. The number of hydrogen-bond acceptors (Lipinski definition) is 3. The zero-order valence-corrected chi connectivity index (χ0v) is 14.9. The highest BCUT2D eigenvalue weighted by Crippen LogP contribution is 2.17. The summed E-state index contributed by atoms with van der Waals surface area (Å²) in [5.74, 6) is -0.280. The molecule has 0 aliphatic rings. The first-order valence-electron chi connectivity index (χ1n) is 7.71. The lowest BCUT2D eigenvalue weighted by Crippen LogP contribution is -2.09. The Morgan fingerprint density at radius 1 is 1.12 bits per heavy atom. The van der Waals surface area contributed by atoms with E-state index in [1.54, 1.807) is 25.1 Å². The molecule has 0 aliphatic carbocycles. The van der Waals surface area contributed by atoms with Gasteiger partial charge < -0.3 is 5.32 Å². The maximum Gasteiger partial charge on any atom is 0.248 e. The third kappa shape index (κ3) is 4.55. The summed E-state index contributed by atoms with van der Waals surface area (Å²) in [4.78, 5) is 12.3. The standard InChI is InChI=1S/C19H21NO3S/c1-4-24(22,23)18-7-5-6-17(13-18)20-19(21)11-10-16-9-8-14(2)12-15(16)3/h5-13H,4H2,1-3H3,(H,20,21)/b11-10+. The van der Waals surface area contributed by atoms with Crippen molar-refractivity contribution >= 4 is 27.5 Å². The molecule has 1 N–H and O–H groups in total. The SMILES string of the molecule is CCS(=O)(=O)c1cccc(NC(=O)/C=C/c2ccc(C)cc2C)c1. The lowest BCUT2D eigenvalue weighted by atomic mass is 10.1. The van der Waals surface area contributed by atoms with Crippen molar-refractivity contribution in [2.75, 3.05) is 11.1 Å². The number of benzene rings is 2. The van der Waals surface area contributed by atoms with Gasteiger partial charge in [0, 0.05) is 11.8 Å². The second-order valence-corrected chi connectivity index (χ2v) is 7.89. The molecule has 2 rings (SSSR count). The molecular formula is C19H21NO3S. The fourth-order valence-electron chi connectivity index (χ4n) is 2.30. The first-order valence-corrected chi connectivity index (χ1v) is 9.36. The smallest absolute Gasteiger partial charge is 0.248 e. The number of aryl methyl sites for hydroxylation is 2. The van der Waals surface area contributed by atoms with Crippen molar-refractivity contribution < 1.29 is 13.2 Å². The predicted molar refractivity (Wildman–Crippen MR) is 97.7 cm³/mol. The number of sulfone groups is 1. The fraction of sp³-hybridized carbons (Fsp3) is 0.211. The van der Waals surface area contributed by atoms with E-state index >= 15 is 0 Å². The van der Waals surface area contributed by atoms with E-state index in [1.165, 1.54) is 23.8 Å². The molecule has 0 fully saturated rings. The van der Waals surface area contributed by atoms with Gasteiger partial charge in [-0.05, 0) is 49.2 Å². The summed E-state index contributed by atoms with van der Waals surface area (Å²) in [6.45, 7) is 5.60. The zero-order chi connectivity index (χ0) is 17.7. The number of rotatable bonds is 5. The number of carbonyl (C=O) groups is 1. The average molecular weight is 343 g/mol. The quantitative estimate of drug-likeness (QED) is 0.841. The van der Waals surface area contributed by atoms with Crippen molar-refractivity contribution in [1.82, 2.24) is 0 Å². The van der Waals surface area contributed by atoms with Crippen LogP contribution in [0.15, 0.2) is 53.4 Å². The minimum Gasteiger partial charge on any atom is -0.322 e. The van der Waals surface area contributed by atoms with E-state index in [-0.39, 0.29) is 16.6 Å². The summed E-state index contributed by atoms with van der Waals surface area (Å²) in [5, 5.41) is 2.69. The van der Waals surface area contributed by atoms with Crippen molar-refractivity contribution in [1.29, 1.82) is 0 Å². The summed E-state index contributed by atoms with van der Waals surface area (Å²) in [6.07, 6.45) is 3.19. The van der Waals surface area contributed by atoms with E-state index in [9.17, 15) is 13.2 Å². The van der Waals surface area contributed by atoms with E-state index in [0.717, 1.165) is 11.1 Å². The van der Waals surface area contributed by atoms with Gasteiger partial charge in [0.05, 0.1) is 10.6 Å². The minimum absolute atomic E-state index is 0.0248. The number of nitrogens with one attached hydrogen (secondary N) is 1. The molecule has 5 heteroatoms. The summed E-state index contributed by atoms with van der Waals surface area (Å²) >= 11 is 0. The van der Waals surface area contributed by atoms with E-state index in [0.29, 0.717) is 5.69 Å². The van der Waals surface area contributed by atoms with Gasteiger partial charge in [0.15, 0.2) is 9.84 Å². The van der Waals surface area contributed by atoms with E-state index in [4.69, 9.17) is 0 Å². The van der Waals surface area contributed by atoms with Crippen LogP contribution in [-0.4, -0.2) is 20.1 Å². The Balaban J connectivity index is 2.13. The Labute approximate surface area is 143 Å². The summed E-state index contributed by atoms with van der Waals surface area (Å²) in [7, 11) is -3.29. The fourth-order valence-corrected chi connectivity index (χ4v) is 3.22. The van der Waals surface area contributed by atoms with Gasteiger partial charge in [-0.3, -0.25) is 4.79 Å². The Kier molecular flexibility index (Phi) is 5.57. The summed E-state index contributed by atoms with van der Waals surface area (Å²) in [6, 6.07) is 12.3. The third-order valence-corrected chi connectivity index (χ3v) is 5.41. The van der Waals surface area contributed by atoms with Crippen LogP contribution in [0.1, 0.15) is 23.6 Å². The Morgan fingerprint density at radius 3 is 2.54 bits per heavy atom. The number of hydrogen-bond donors (Lipinski definition) is 1. The molecule has 0 spiro atoms. The maximum absolute atomic E-state index is 12.0. The van der Waals surface area contributed by atoms with Gasteiger partial charge in [0.25, 0.3) is 0 Å². The van der Waals surface area contributed by atoms with Gasteiger partial charge in [-0.1, -0.05) is 36.8 Å². The molecule has 24 heavy (non-hydrogen) atoms. The molecule has 0 saturated heterocycles. The van der Waals surface area contributed by atoms with E-state index in [2.05, 4.69) is 11.4 Å². The van der Waals surface area contributed by atoms with Crippen molar-refractivity contribution in [3.05, 3.63) is 65.2 Å². The summed E-state index contributed by atoms with van der Waals surface area (Å²) in [5.41, 5.74) is 3.69. The second kappa shape index (κ2) is 7.45. The van der Waals surface area contributed by atoms with Gasteiger partial charge in [0.1, 0.15) is 0 Å². The highest BCUT2D eigenvalue weighted by atomic mass is 32.2. The molecule has 2 aromatic carbocycles. The van der Waals surface area contributed by atoms with Crippen molar-refractivity contribution in [2.24, 2.45) is 0 Å². The molecule has 126 valence electrons. The van der Waals surface area contributed by atoms with Gasteiger partial charge in [-0.15, -0.1) is 0 Å². The van der Waals surface area contributed by atoms with Crippen LogP contribution in [0.3, 0.4) is 0 Å². The number of carbonyl (C=O) groups excluding carboxylic acids is 1. The minimum atomic E-state index is -3.29. The number of amides is 1. The molecule has 1 amide bonds. The molecule has 0 atom stereocenters. The van der Waals surface area contributed by atoms with Crippen molar-refractivity contribution in [2.45, 2.75) is 25.7 Å². The lowest BCUT2D eigenvalue weighted by molar-refractivity contribution is -0.111. The van der Waals surface area contributed by atoms with E-state index in [1.807, 2.05) is 26.0 Å². The normalized spacial score (nSPS) is 11.6.